The summed E-state index contributed by atoms with van der Waals surface area (Å²) in [4.78, 5) is 0. The van der Waals surface area contributed by atoms with E-state index < -0.39 is 0 Å². The van der Waals surface area contributed by atoms with Gasteiger partial charge in [-0.05, 0) is 49.0 Å². The van der Waals surface area contributed by atoms with Crippen LogP contribution in [0.5, 0.6) is 0 Å². The molecule has 9 heavy (non-hydrogen) atoms. The van der Waals surface area contributed by atoms with Crippen LogP contribution < -0.4 is 0 Å². The van der Waals surface area contributed by atoms with Crippen LogP contribution in [0.25, 0.3) is 0 Å². The van der Waals surface area contributed by atoms with Crippen LogP contribution in [-0.4, -0.2) is 11.5 Å². The van der Waals surface area contributed by atoms with Gasteiger partial charge in [-0.15, -0.1) is 0 Å². The molecule has 0 aromatic rings. The van der Waals surface area contributed by atoms with Gasteiger partial charge in [0.05, 0.1) is 0 Å². The van der Waals surface area contributed by atoms with Crippen molar-refractivity contribution in [3.8, 4) is 0 Å². The molecule has 0 radical (unpaired) electrons. The molecule has 0 aromatic heterocycles. The molecule has 2 aliphatic carbocycles. The van der Waals surface area contributed by atoms with E-state index in [1.165, 1.54) is 37.2 Å². The molecule has 1 heteroatoms. The average molecular weight is 142 g/mol. The zero-order valence-electron chi connectivity index (χ0n) is 5.81. The molecule has 0 bridgehead atoms. The lowest BCUT2D eigenvalue weighted by atomic mass is 10.5. The first-order valence-electron chi connectivity index (χ1n) is 4.03. The summed E-state index contributed by atoms with van der Waals surface area (Å²) in [5.74, 6) is 5.20. The molecule has 0 heterocycles. The summed E-state index contributed by atoms with van der Waals surface area (Å²) in [5, 5.41) is 0. The third kappa shape index (κ3) is 2.21. The first-order valence-corrected chi connectivity index (χ1v) is 5.18. The van der Waals surface area contributed by atoms with E-state index in [1.54, 1.807) is 0 Å². The van der Waals surface area contributed by atoms with Crippen molar-refractivity contribution in [1.29, 1.82) is 0 Å². The molecule has 0 aliphatic heterocycles. The van der Waals surface area contributed by atoms with Gasteiger partial charge in [0.2, 0.25) is 0 Å². The maximum Gasteiger partial charge on any atom is -0.00390 e. The second-order valence-corrected chi connectivity index (χ2v) is 4.50. The minimum absolute atomic E-state index is 1.13. The minimum Gasteiger partial charge on any atom is -0.161 e. The Hall–Kier alpha value is 0.350. The Bertz CT molecular complexity index is 80.7. The molecule has 0 saturated heterocycles. The first kappa shape index (κ1) is 6.09. The molecule has 0 aromatic carbocycles. The predicted molar refractivity (Wildman–Crippen MR) is 42.8 cm³/mol. The van der Waals surface area contributed by atoms with Crippen molar-refractivity contribution in [2.75, 3.05) is 11.5 Å². The highest BCUT2D eigenvalue weighted by Crippen LogP contribution is 2.37. The standard InChI is InChI=1S/C8H14S/c1-2-7(1)5-9-6-8-3-4-8/h7-8H,1-6H2. The van der Waals surface area contributed by atoms with Crippen molar-refractivity contribution in [3.63, 3.8) is 0 Å². The van der Waals surface area contributed by atoms with Gasteiger partial charge in [-0.25, -0.2) is 0 Å². The van der Waals surface area contributed by atoms with Crippen LogP contribution in [-0.2, 0) is 0 Å². The molecule has 0 N–H and O–H groups in total. The second kappa shape index (κ2) is 2.53. The third-order valence-electron chi connectivity index (χ3n) is 2.10. The molecule has 2 aliphatic rings. The minimum atomic E-state index is 1.13. The van der Waals surface area contributed by atoms with Gasteiger partial charge in [0.1, 0.15) is 0 Å². The van der Waals surface area contributed by atoms with Crippen LogP contribution in [0.3, 0.4) is 0 Å². The van der Waals surface area contributed by atoms with Gasteiger partial charge in [-0.3, -0.25) is 0 Å². The molecule has 2 rings (SSSR count). The quantitative estimate of drug-likeness (QED) is 0.581. The Morgan fingerprint density at radius 3 is 1.67 bits per heavy atom. The fourth-order valence-corrected chi connectivity index (χ4v) is 2.44. The molecule has 52 valence electrons. The molecular weight excluding hydrogens is 128 g/mol. The SMILES string of the molecule is C1CC1CSCC1CC1. The third-order valence-corrected chi connectivity index (χ3v) is 3.52. The Morgan fingerprint density at radius 2 is 1.33 bits per heavy atom. The lowest BCUT2D eigenvalue weighted by Crippen LogP contribution is -1.85. The highest BCUT2D eigenvalue weighted by Gasteiger charge is 2.24. The summed E-state index contributed by atoms with van der Waals surface area (Å²) in [7, 11) is 0. The fourth-order valence-electron chi connectivity index (χ4n) is 0.970. The van der Waals surface area contributed by atoms with Gasteiger partial charge in [0, 0.05) is 0 Å². The van der Waals surface area contributed by atoms with Gasteiger partial charge >= 0.3 is 0 Å². The van der Waals surface area contributed by atoms with Gasteiger partial charge in [0.15, 0.2) is 0 Å². The predicted octanol–water partition coefficient (Wildman–Crippen LogP) is 2.54. The van der Waals surface area contributed by atoms with E-state index in [1.807, 2.05) is 0 Å². The van der Waals surface area contributed by atoms with E-state index in [0.29, 0.717) is 0 Å². The van der Waals surface area contributed by atoms with Crippen molar-refractivity contribution < 1.29 is 0 Å². The maximum absolute atomic E-state index is 2.19. The zero-order chi connectivity index (χ0) is 6.10. The van der Waals surface area contributed by atoms with Crippen molar-refractivity contribution in [3.05, 3.63) is 0 Å². The van der Waals surface area contributed by atoms with Crippen molar-refractivity contribution in [1.82, 2.24) is 0 Å². The molecule has 0 unspecified atom stereocenters. The topological polar surface area (TPSA) is 0 Å². The normalized spacial score (nSPS) is 26.7. The summed E-state index contributed by atoms with van der Waals surface area (Å²) in [5.41, 5.74) is 0. The Morgan fingerprint density at radius 1 is 0.889 bits per heavy atom. The fraction of sp³-hybridized carbons (Fsp3) is 1.00. The molecule has 2 fully saturated rings. The number of hydrogen-bond donors (Lipinski definition) is 0. The van der Waals surface area contributed by atoms with E-state index >= 15 is 0 Å². The lowest BCUT2D eigenvalue weighted by molar-refractivity contribution is 0.970. The molecule has 0 atom stereocenters. The van der Waals surface area contributed by atoms with Crippen LogP contribution in [0.1, 0.15) is 25.7 Å². The van der Waals surface area contributed by atoms with Gasteiger partial charge in [-0.1, -0.05) is 0 Å². The second-order valence-electron chi connectivity index (χ2n) is 3.42. The van der Waals surface area contributed by atoms with Crippen LogP contribution in [0, 0.1) is 11.8 Å². The zero-order valence-corrected chi connectivity index (χ0v) is 6.62. The average Bonchev–Trinajstić information content (AvgIpc) is 2.57. The van der Waals surface area contributed by atoms with E-state index in [2.05, 4.69) is 11.8 Å². The molecule has 2 saturated carbocycles. The number of rotatable bonds is 4. The van der Waals surface area contributed by atoms with E-state index in [0.717, 1.165) is 11.8 Å². The highest BCUT2D eigenvalue weighted by atomic mass is 32.2. The summed E-state index contributed by atoms with van der Waals surface area (Å²) >= 11 is 2.19. The van der Waals surface area contributed by atoms with E-state index in [9.17, 15) is 0 Å². The lowest BCUT2D eigenvalue weighted by Gasteiger charge is -1.94. The highest BCUT2D eigenvalue weighted by molar-refractivity contribution is 7.99. The van der Waals surface area contributed by atoms with E-state index in [-0.39, 0.29) is 0 Å². The molecular formula is C8H14S. The monoisotopic (exact) mass is 142 g/mol. The number of thioether (sulfide) groups is 1. The van der Waals surface area contributed by atoms with Crippen LogP contribution >= 0.6 is 11.8 Å². The Labute approximate surface area is 61.4 Å². The van der Waals surface area contributed by atoms with Crippen molar-refractivity contribution >= 4 is 11.8 Å². The Balaban J connectivity index is 1.46. The van der Waals surface area contributed by atoms with Crippen LogP contribution in [0.15, 0.2) is 0 Å². The molecule has 0 nitrogen and oxygen atoms in total. The van der Waals surface area contributed by atoms with Crippen molar-refractivity contribution in [2.24, 2.45) is 11.8 Å². The first-order chi connectivity index (χ1) is 4.45. The Kier molecular flexibility index (Phi) is 1.71. The smallest absolute Gasteiger partial charge is 0.00390 e. The van der Waals surface area contributed by atoms with Crippen molar-refractivity contribution in [2.45, 2.75) is 25.7 Å². The van der Waals surface area contributed by atoms with E-state index in [4.69, 9.17) is 0 Å². The van der Waals surface area contributed by atoms with Gasteiger partial charge in [0.25, 0.3) is 0 Å². The van der Waals surface area contributed by atoms with Crippen LogP contribution in [0.4, 0.5) is 0 Å². The largest absolute Gasteiger partial charge is 0.161 e. The summed E-state index contributed by atoms with van der Waals surface area (Å²) in [6.45, 7) is 0. The number of hydrogen-bond acceptors (Lipinski definition) is 1. The van der Waals surface area contributed by atoms with Gasteiger partial charge < -0.3 is 0 Å². The molecule has 0 amide bonds. The maximum atomic E-state index is 2.19. The molecule has 0 spiro atoms. The summed E-state index contributed by atoms with van der Waals surface area (Å²) in [6, 6.07) is 0. The summed E-state index contributed by atoms with van der Waals surface area (Å²) in [6.07, 6.45) is 6.10. The summed E-state index contributed by atoms with van der Waals surface area (Å²) < 4.78 is 0. The van der Waals surface area contributed by atoms with Crippen LogP contribution in [0.2, 0.25) is 0 Å². The van der Waals surface area contributed by atoms with Gasteiger partial charge in [-0.2, -0.15) is 11.8 Å².